The molecule has 1 aromatic heterocycles. The van der Waals surface area contributed by atoms with Gasteiger partial charge in [0.1, 0.15) is 0 Å². The van der Waals surface area contributed by atoms with Gasteiger partial charge >= 0.3 is 5.97 Å². The third kappa shape index (κ3) is 4.28. The number of para-hydroxylation sites is 1. The number of hydrogen-bond donors (Lipinski definition) is 2. The van der Waals surface area contributed by atoms with Crippen molar-refractivity contribution in [3.8, 4) is 0 Å². The van der Waals surface area contributed by atoms with Gasteiger partial charge in [-0.3, -0.25) is 9.59 Å². The Hall–Kier alpha value is -2.70. The standard InChI is InChI=1S/C19H15ClN2O3S/c20-19-22-11-14(26-19)10-21-17-13(9-16(23)24)7-4-8-15(17)18(25)12-5-2-1-3-6-12/h1-8,11,21H,9-10H2,(H,23,24). The molecular weight excluding hydrogens is 372 g/mol. The summed E-state index contributed by atoms with van der Waals surface area (Å²) in [7, 11) is 0. The molecule has 0 aliphatic carbocycles. The van der Waals surface area contributed by atoms with E-state index in [1.165, 1.54) is 11.3 Å². The minimum absolute atomic E-state index is 0.164. The van der Waals surface area contributed by atoms with E-state index in [0.717, 1.165) is 4.88 Å². The molecule has 0 atom stereocenters. The number of hydrogen-bond acceptors (Lipinski definition) is 5. The Morgan fingerprint density at radius 3 is 2.54 bits per heavy atom. The van der Waals surface area contributed by atoms with Crippen LogP contribution in [0.5, 0.6) is 0 Å². The maximum Gasteiger partial charge on any atom is 0.307 e. The number of nitrogens with zero attached hydrogens (tertiary/aromatic N) is 1. The van der Waals surface area contributed by atoms with Crippen molar-refractivity contribution in [2.45, 2.75) is 13.0 Å². The molecule has 3 rings (SSSR count). The zero-order chi connectivity index (χ0) is 18.5. The predicted molar refractivity (Wildman–Crippen MR) is 102 cm³/mol. The van der Waals surface area contributed by atoms with Crippen molar-refractivity contribution >= 4 is 40.4 Å². The van der Waals surface area contributed by atoms with Gasteiger partial charge in [0.2, 0.25) is 0 Å². The van der Waals surface area contributed by atoms with Gasteiger partial charge in [-0.1, -0.05) is 54.1 Å². The molecular formula is C19H15ClN2O3S. The van der Waals surface area contributed by atoms with E-state index in [4.69, 9.17) is 11.6 Å². The molecule has 0 aliphatic heterocycles. The zero-order valence-electron chi connectivity index (χ0n) is 13.6. The molecule has 0 unspecified atom stereocenters. The van der Waals surface area contributed by atoms with Crippen LogP contribution in [0.4, 0.5) is 5.69 Å². The Balaban J connectivity index is 1.97. The Morgan fingerprint density at radius 2 is 1.88 bits per heavy atom. The predicted octanol–water partition coefficient (Wildman–Crippen LogP) is 4.27. The number of rotatable bonds is 7. The summed E-state index contributed by atoms with van der Waals surface area (Å²) < 4.78 is 0.432. The molecule has 0 aliphatic rings. The first-order valence-electron chi connectivity index (χ1n) is 7.82. The first kappa shape index (κ1) is 18.1. The van der Waals surface area contributed by atoms with Crippen LogP contribution in [0.3, 0.4) is 0 Å². The van der Waals surface area contributed by atoms with Crippen LogP contribution in [-0.4, -0.2) is 21.8 Å². The van der Waals surface area contributed by atoms with Gasteiger partial charge in [-0.05, 0) is 11.6 Å². The van der Waals surface area contributed by atoms with Crippen LogP contribution in [-0.2, 0) is 17.8 Å². The third-order valence-electron chi connectivity index (χ3n) is 3.74. The summed E-state index contributed by atoms with van der Waals surface area (Å²) in [6.45, 7) is 0.399. The van der Waals surface area contributed by atoms with E-state index in [-0.39, 0.29) is 12.2 Å². The lowest BCUT2D eigenvalue weighted by Gasteiger charge is -2.15. The van der Waals surface area contributed by atoms with E-state index in [2.05, 4.69) is 10.3 Å². The molecule has 7 heteroatoms. The summed E-state index contributed by atoms with van der Waals surface area (Å²) in [4.78, 5) is 29.0. The van der Waals surface area contributed by atoms with Gasteiger partial charge in [-0.25, -0.2) is 4.98 Å². The first-order valence-corrected chi connectivity index (χ1v) is 9.01. The lowest BCUT2D eigenvalue weighted by atomic mass is 9.97. The number of benzene rings is 2. The molecule has 0 saturated carbocycles. The average molecular weight is 387 g/mol. The molecule has 0 saturated heterocycles. The molecule has 132 valence electrons. The fraction of sp³-hybridized carbons (Fsp3) is 0.105. The van der Waals surface area contributed by atoms with E-state index in [1.54, 1.807) is 48.7 Å². The number of thiazole rings is 1. The average Bonchev–Trinajstić information content (AvgIpc) is 3.05. The summed E-state index contributed by atoms with van der Waals surface area (Å²) in [5.74, 6) is -1.12. The monoisotopic (exact) mass is 386 g/mol. The van der Waals surface area contributed by atoms with Crippen molar-refractivity contribution in [2.75, 3.05) is 5.32 Å². The van der Waals surface area contributed by atoms with Crippen LogP contribution in [0.1, 0.15) is 26.4 Å². The van der Waals surface area contributed by atoms with Crippen molar-refractivity contribution in [1.82, 2.24) is 4.98 Å². The van der Waals surface area contributed by atoms with Crippen molar-refractivity contribution in [3.05, 3.63) is 80.8 Å². The number of aromatic nitrogens is 1. The lowest BCUT2D eigenvalue weighted by Crippen LogP contribution is -2.12. The highest BCUT2D eigenvalue weighted by molar-refractivity contribution is 7.15. The Labute approximate surface area is 159 Å². The maximum absolute atomic E-state index is 12.9. The Kier molecular flexibility index (Phi) is 5.65. The number of halogens is 1. The Bertz CT molecular complexity index is 941. The minimum atomic E-state index is -0.960. The largest absolute Gasteiger partial charge is 0.481 e. The van der Waals surface area contributed by atoms with Crippen LogP contribution >= 0.6 is 22.9 Å². The van der Waals surface area contributed by atoms with Crippen LogP contribution in [0.2, 0.25) is 4.47 Å². The van der Waals surface area contributed by atoms with Crippen molar-refractivity contribution in [3.63, 3.8) is 0 Å². The first-order chi connectivity index (χ1) is 12.5. The van der Waals surface area contributed by atoms with Gasteiger partial charge < -0.3 is 10.4 Å². The van der Waals surface area contributed by atoms with Gasteiger partial charge in [0.05, 0.1) is 13.0 Å². The number of carboxylic acids is 1. The molecule has 5 nitrogen and oxygen atoms in total. The van der Waals surface area contributed by atoms with E-state index in [9.17, 15) is 14.7 Å². The number of ketones is 1. The number of anilines is 1. The fourth-order valence-electron chi connectivity index (χ4n) is 2.59. The number of aliphatic carboxylic acids is 1. The molecule has 2 aromatic carbocycles. The molecule has 0 bridgehead atoms. The highest BCUT2D eigenvalue weighted by atomic mass is 35.5. The molecule has 0 radical (unpaired) electrons. The van der Waals surface area contributed by atoms with E-state index in [0.29, 0.717) is 33.4 Å². The number of carboxylic acid groups (broad SMARTS) is 1. The van der Waals surface area contributed by atoms with Gasteiger partial charge in [0, 0.05) is 27.9 Å². The third-order valence-corrected chi connectivity index (χ3v) is 4.85. The van der Waals surface area contributed by atoms with E-state index in [1.807, 2.05) is 6.07 Å². The van der Waals surface area contributed by atoms with E-state index < -0.39 is 5.97 Å². The second kappa shape index (κ2) is 8.12. The van der Waals surface area contributed by atoms with Gasteiger partial charge in [0.15, 0.2) is 10.3 Å². The summed E-state index contributed by atoms with van der Waals surface area (Å²) >= 11 is 7.18. The molecule has 1 heterocycles. The van der Waals surface area contributed by atoms with Crippen molar-refractivity contribution < 1.29 is 14.7 Å². The molecule has 0 amide bonds. The number of carbonyl (C=O) groups is 2. The smallest absolute Gasteiger partial charge is 0.307 e. The van der Waals surface area contributed by atoms with Crippen LogP contribution in [0, 0.1) is 0 Å². The van der Waals surface area contributed by atoms with E-state index >= 15 is 0 Å². The van der Waals surface area contributed by atoms with Crippen molar-refractivity contribution in [2.24, 2.45) is 0 Å². The van der Waals surface area contributed by atoms with Crippen LogP contribution < -0.4 is 5.32 Å². The molecule has 3 aromatic rings. The fourth-order valence-corrected chi connectivity index (χ4v) is 3.51. The normalized spacial score (nSPS) is 10.5. The van der Waals surface area contributed by atoms with Gasteiger partial charge in [0.25, 0.3) is 0 Å². The van der Waals surface area contributed by atoms with Gasteiger partial charge in [-0.2, -0.15) is 0 Å². The molecule has 26 heavy (non-hydrogen) atoms. The summed E-state index contributed by atoms with van der Waals surface area (Å²) in [5, 5.41) is 12.4. The van der Waals surface area contributed by atoms with Crippen molar-refractivity contribution in [1.29, 1.82) is 0 Å². The molecule has 0 fully saturated rings. The summed E-state index contributed by atoms with van der Waals surface area (Å²) in [6, 6.07) is 14.0. The highest BCUT2D eigenvalue weighted by Gasteiger charge is 2.18. The lowest BCUT2D eigenvalue weighted by molar-refractivity contribution is -0.136. The number of carbonyl (C=O) groups excluding carboxylic acids is 1. The van der Waals surface area contributed by atoms with Gasteiger partial charge in [-0.15, -0.1) is 11.3 Å². The minimum Gasteiger partial charge on any atom is -0.481 e. The molecule has 0 spiro atoms. The maximum atomic E-state index is 12.9. The second-order valence-electron chi connectivity index (χ2n) is 5.54. The molecule has 2 N–H and O–H groups in total. The van der Waals surface area contributed by atoms with Crippen LogP contribution in [0.25, 0.3) is 0 Å². The summed E-state index contributed by atoms with van der Waals surface area (Å²) in [5.41, 5.74) is 2.05. The quantitative estimate of drug-likeness (QED) is 0.593. The number of nitrogens with one attached hydrogen (secondary N) is 1. The summed E-state index contributed by atoms with van der Waals surface area (Å²) in [6.07, 6.45) is 1.47. The second-order valence-corrected chi connectivity index (χ2v) is 7.24. The SMILES string of the molecule is O=C(O)Cc1cccc(C(=O)c2ccccc2)c1NCc1cnc(Cl)s1. The Morgan fingerprint density at radius 1 is 1.12 bits per heavy atom. The topological polar surface area (TPSA) is 79.3 Å². The van der Waals surface area contributed by atoms with Crippen LogP contribution in [0.15, 0.2) is 54.7 Å². The zero-order valence-corrected chi connectivity index (χ0v) is 15.2. The highest BCUT2D eigenvalue weighted by Crippen LogP contribution is 2.27.